The summed E-state index contributed by atoms with van der Waals surface area (Å²) in [5.74, 6) is 0.522. The summed E-state index contributed by atoms with van der Waals surface area (Å²) in [4.78, 5) is 12.6. The first-order valence-corrected chi connectivity index (χ1v) is 9.37. The molecule has 134 valence electrons. The Kier molecular flexibility index (Phi) is 5.81. The van der Waals surface area contributed by atoms with E-state index in [1.165, 1.54) is 5.69 Å². The smallest absolute Gasteiger partial charge is 0.272 e. The molecule has 1 fully saturated rings. The SMILES string of the molecule is Cl.O=C(NCC1CNC1)c1nn(-c2ccc(Br)cc2)c2c1CCCC2. The third-order valence-corrected chi connectivity index (χ3v) is 5.41. The summed E-state index contributed by atoms with van der Waals surface area (Å²) in [6, 6.07) is 8.09. The highest BCUT2D eigenvalue weighted by Gasteiger charge is 2.26. The van der Waals surface area contributed by atoms with Crippen LogP contribution in [0.25, 0.3) is 5.69 Å². The summed E-state index contributed by atoms with van der Waals surface area (Å²) in [5, 5.41) is 11.0. The van der Waals surface area contributed by atoms with E-state index in [9.17, 15) is 4.79 Å². The molecule has 0 atom stereocenters. The van der Waals surface area contributed by atoms with E-state index >= 15 is 0 Å². The number of carbonyl (C=O) groups is 1. The van der Waals surface area contributed by atoms with Gasteiger partial charge < -0.3 is 10.6 Å². The Balaban J connectivity index is 0.00000182. The van der Waals surface area contributed by atoms with E-state index in [1.54, 1.807) is 0 Å². The molecule has 4 rings (SSSR count). The molecule has 0 spiro atoms. The molecule has 25 heavy (non-hydrogen) atoms. The third kappa shape index (κ3) is 3.76. The van der Waals surface area contributed by atoms with Gasteiger partial charge in [0.15, 0.2) is 5.69 Å². The molecule has 2 heterocycles. The van der Waals surface area contributed by atoms with Gasteiger partial charge in [-0.1, -0.05) is 15.9 Å². The number of benzene rings is 1. The van der Waals surface area contributed by atoms with E-state index < -0.39 is 0 Å². The number of rotatable bonds is 4. The number of hydrogen-bond donors (Lipinski definition) is 2. The quantitative estimate of drug-likeness (QED) is 0.792. The molecule has 1 aromatic heterocycles. The van der Waals surface area contributed by atoms with Crippen LogP contribution in [0.3, 0.4) is 0 Å². The Morgan fingerprint density at radius 2 is 1.96 bits per heavy atom. The second-order valence-electron chi connectivity index (χ2n) is 6.60. The molecule has 0 unspecified atom stereocenters. The van der Waals surface area contributed by atoms with Crippen molar-refractivity contribution in [3.8, 4) is 5.69 Å². The topological polar surface area (TPSA) is 59.0 Å². The van der Waals surface area contributed by atoms with Gasteiger partial charge in [-0.15, -0.1) is 12.4 Å². The van der Waals surface area contributed by atoms with E-state index in [2.05, 4.69) is 31.7 Å². The van der Waals surface area contributed by atoms with E-state index in [-0.39, 0.29) is 18.3 Å². The average molecular weight is 426 g/mol. The molecule has 0 saturated carbocycles. The number of hydrogen-bond acceptors (Lipinski definition) is 3. The molecule has 2 aliphatic rings. The van der Waals surface area contributed by atoms with Crippen molar-refractivity contribution in [3.05, 3.63) is 45.7 Å². The predicted octanol–water partition coefficient (Wildman–Crippen LogP) is 2.88. The van der Waals surface area contributed by atoms with Crippen molar-refractivity contribution in [2.24, 2.45) is 5.92 Å². The second kappa shape index (κ2) is 7.89. The first kappa shape index (κ1) is 18.4. The minimum atomic E-state index is -0.0316. The fraction of sp³-hybridized carbons (Fsp3) is 0.444. The lowest BCUT2D eigenvalue weighted by Gasteiger charge is -2.27. The third-order valence-electron chi connectivity index (χ3n) is 4.88. The maximum atomic E-state index is 12.6. The highest BCUT2D eigenvalue weighted by Crippen LogP contribution is 2.27. The Hall–Kier alpha value is -1.37. The number of halogens is 2. The summed E-state index contributed by atoms with van der Waals surface area (Å²) in [6.45, 7) is 2.71. The molecule has 1 amide bonds. The van der Waals surface area contributed by atoms with Gasteiger partial charge in [0.2, 0.25) is 0 Å². The molecule has 5 nitrogen and oxygen atoms in total. The van der Waals surface area contributed by atoms with Crippen LogP contribution in [0.5, 0.6) is 0 Å². The molecule has 2 aromatic rings. The summed E-state index contributed by atoms with van der Waals surface area (Å²) in [6.07, 6.45) is 4.22. The minimum absolute atomic E-state index is 0. The van der Waals surface area contributed by atoms with Crippen molar-refractivity contribution < 1.29 is 4.79 Å². The number of aromatic nitrogens is 2. The summed E-state index contributed by atoms with van der Waals surface area (Å²) < 4.78 is 3.00. The summed E-state index contributed by atoms with van der Waals surface area (Å²) in [7, 11) is 0. The van der Waals surface area contributed by atoms with Gasteiger partial charge in [0.05, 0.1) is 5.69 Å². The maximum absolute atomic E-state index is 12.6. The Morgan fingerprint density at radius 1 is 1.24 bits per heavy atom. The number of nitrogens with zero attached hydrogens (tertiary/aromatic N) is 2. The van der Waals surface area contributed by atoms with E-state index in [0.29, 0.717) is 11.6 Å². The highest BCUT2D eigenvalue weighted by atomic mass is 79.9. The van der Waals surface area contributed by atoms with Crippen LogP contribution in [0.4, 0.5) is 0 Å². The standard InChI is InChI=1S/C18H21BrN4O.ClH/c19-13-5-7-14(8-6-13)23-16-4-2-1-3-15(16)17(22-23)18(24)21-11-12-9-20-10-12;/h5-8,12,20H,1-4,9-11H2,(H,21,24);1H. The lowest BCUT2D eigenvalue weighted by atomic mass is 9.95. The molecular formula is C18H22BrClN4O. The van der Waals surface area contributed by atoms with Crippen LogP contribution in [-0.2, 0) is 12.8 Å². The van der Waals surface area contributed by atoms with Crippen LogP contribution in [0.2, 0.25) is 0 Å². The van der Waals surface area contributed by atoms with Crippen LogP contribution < -0.4 is 10.6 Å². The van der Waals surface area contributed by atoms with Crippen molar-refractivity contribution in [3.63, 3.8) is 0 Å². The van der Waals surface area contributed by atoms with Crippen LogP contribution in [-0.4, -0.2) is 35.3 Å². The second-order valence-corrected chi connectivity index (χ2v) is 7.52. The maximum Gasteiger partial charge on any atom is 0.272 e. The van der Waals surface area contributed by atoms with Crippen LogP contribution >= 0.6 is 28.3 Å². The zero-order valence-electron chi connectivity index (χ0n) is 13.9. The monoisotopic (exact) mass is 424 g/mol. The van der Waals surface area contributed by atoms with Crippen LogP contribution in [0.15, 0.2) is 28.7 Å². The number of nitrogens with one attached hydrogen (secondary N) is 2. The number of amides is 1. The minimum Gasteiger partial charge on any atom is -0.350 e. The van der Waals surface area contributed by atoms with Gasteiger partial charge in [-0.2, -0.15) is 5.10 Å². The van der Waals surface area contributed by atoms with Gasteiger partial charge in [-0.05, 0) is 49.9 Å². The Bertz CT molecular complexity index is 755. The van der Waals surface area contributed by atoms with E-state index in [4.69, 9.17) is 0 Å². The van der Waals surface area contributed by atoms with E-state index in [0.717, 1.165) is 61.0 Å². The summed E-state index contributed by atoms with van der Waals surface area (Å²) >= 11 is 3.47. The zero-order valence-corrected chi connectivity index (χ0v) is 16.3. The van der Waals surface area contributed by atoms with Gasteiger partial charge in [0.1, 0.15) is 0 Å². The molecular weight excluding hydrogens is 404 g/mol. The molecule has 2 N–H and O–H groups in total. The first-order chi connectivity index (χ1) is 11.7. The van der Waals surface area contributed by atoms with Crippen molar-refractivity contribution in [1.29, 1.82) is 0 Å². The van der Waals surface area contributed by atoms with Crippen LogP contribution in [0.1, 0.15) is 34.6 Å². The van der Waals surface area contributed by atoms with Crippen molar-refractivity contribution in [2.75, 3.05) is 19.6 Å². The van der Waals surface area contributed by atoms with Gasteiger partial charge in [-0.25, -0.2) is 4.68 Å². The lowest BCUT2D eigenvalue weighted by molar-refractivity contribution is 0.0935. The first-order valence-electron chi connectivity index (χ1n) is 8.58. The normalized spacial score (nSPS) is 16.5. The van der Waals surface area contributed by atoms with E-state index in [1.807, 2.05) is 28.9 Å². The number of fused-ring (bicyclic) bond motifs is 1. The van der Waals surface area contributed by atoms with Gasteiger partial charge in [0.25, 0.3) is 5.91 Å². The highest BCUT2D eigenvalue weighted by molar-refractivity contribution is 9.10. The molecule has 0 bridgehead atoms. The van der Waals surface area contributed by atoms with Gasteiger partial charge in [0, 0.05) is 41.3 Å². The Morgan fingerprint density at radius 3 is 2.64 bits per heavy atom. The summed E-state index contributed by atoms with van der Waals surface area (Å²) in [5.41, 5.74) is 3.95. The van der Waals surface area contributed by atoms with Crippen molar-refractivity contribution in [1.82, 2.24) is 20.4 Å². The molecule has 1 saturated heterocycles. The lowest BCUT2D eigenvalue weighted by Crippen LogP contribution is -2.48. The molecule has 7 heteroatoms. The Labute approximate surface area is 162 Å². The largest absolute Gasteiger partial charge is 0.350 e. The molecule has 1 aromatic carbocycles. The van der Waals surface area contributed by atoms with Crippen molar-refractivity contribution in [2.45, 2.75) is 25.7 Å². The fourth-order valence-electron chi connectivity index (χ4n) is 3.39. The van der Waals surface area contributed by atoms with Gasteiger partial charge in [-0.3, -0.25) is 4.79 Å². The predicted molar refractivity (Wildman–Crippen MR) is 104 cm³/mol. The molecule has 0 radical (unpaired) electrons. The molecule has 1 aliphatic heterocycles. The van der Waals surface area contributed by atoms with Crippen molar-refractivity contribution >= 4 is 34.2 Å². The molecule has 1 aliphatic carbocycles. The average Bonchev–Trinajstić information content (AvgIpc) is 2.94. The van der Waals surface area contributed by atoms with Crippen LogP contribution in [0, 0.1) is 5.92 Å². The zero-order chi connectivity index (χ0) is 16.5. The number of carbonyl (C=O) groups excluding carboxylic acids is 1. The fourth-order valence-corrected chi connectivity index (χ4v) is 3.66. The van der Waals surface area contributed by atoms with Gasteiger partial charge >= 0.3 is 0 Å².